The first-order chi connectivity index (χ1) is 14.3. The number of hydrogen-bond donors (Lipinski definition) is 1. The minimum Gasteiger partial charge on any atom is -0.351 e. The second kappa shape index (κ2) is 9.45. The number of benzene rings is 1. The standard InChI is InChI=1S/C22H26N6O/c29-22(24-16-20-7-8-21(23-15-20)28-10-4-9-25-28)18-27-13-11-26(12-14-27)17-19-5-2-1-3-6-19/h1-10,15H,11-14,16-18H2,(H,24,29). The average molecular weight is 390 g/mol. The van der Waals surface area contributed by atoms with Gasteiger partial charge >= 0.3 is 0 Å². The molecule has 1 amide bonds. The molecule has 3 aromatic rings. The Kier molecular flexibility index (Phi) is 6.29. The number of nitrogens with zero attached hydrogens (tertiary/aromatic N) is 5. The fraction of sp³-hybridized carbons (Fsp3) is 0.318. The molecule has 0 aliphatic carbocycles. The lowest BCUT2D eigenvalue weighted by molar-refractivity contribution is -0.122. The lowest BCUT2D eigenvalue weighted by Gasteiger charge is -2.34. The molecule has 1 saturated heterocycles. The number of carbonyl (C=O) groups excluding carboxylic acids is 1. The van der Waals surface area contributed by atoms with Crippen LogP contribution in [0, 0.1) is 0 Å². The molecule has 0 radical (unpaired) electrons. The van der Waals surface area contributed by atoms with E-state index in [0.717, 1.165) is 44.1 Å². The number of rotatable bonds is 7. The molecule has 3 heterocycles. The van der Waals surface area contributed by atoms with Gasteiger partial charge in [0.15, 0.2) is 5.82 Å². The number of piperazine rings is 1. The largest absolute Gasteiger partial charge is 0.351 e. The molecule has 29 heavy (non-hydrogen) atoms. The second-order valence-electron chi connectivity index (χ2n) is 7.29. The van der Waals surface area contributed by atoms with Gasteiger partial charge in [-0.25, -0.2) is 9.67 Å². The van der Waals surface area contributed by atoms with Gasteiger partial charge in [-0.3, -0.25) is 14.6 Å². The van der Waals surface area contributed by atoms with Crippen LogP contribution in [-0.4, -0.2) is 63.2 Å². The fourth-order valence-corrected chi connectivity index (χ4v) is 3.47. The summed E-state index contributed by atoms with van der Waals surface area (Å²) in [5, 5.41) is 7.15. The highest BCUT2D eigenvalue weighted by atomic mass is 16.2. The molecule has 1 aromatic carbocycles. The van der Waals surface area contributed by atoms with Crippen LogP contribution in [0.2, 0.25) is 0 Å². The van der Waals surface area contributed by atoms with Gasteiger partial charge in [0.25, 0.3) is 0 Å². The van der Waals surface area contributed by atoms with E-state index in [9.17, 15) is 4.79 Å². The summed E-state index contributed by atoms with van der Waals surface area (Å²) in [7, 11) is 0. The zero-order valence-electron chi connectivity index (χ0n) is 16.4. The molecule has 1 N–H and O–H groups in total. The maximum absolute atomic E-state index is 12.3. The first-order valence-corrected chi connectivity index (χ1v) is 9.96. The monoisotopic (exact) mass is 390 g/mol. The van der Waals surface area contributed by atoms with Crippen molar-refractivity contribution in [2.24, 2.45) is 0 Å². The van der Waals surface area contributed by atoms with E-state index >= 15 is 0 Å². The molecule has 7 nitrogen and oxygen atoms in total. The first-order valence-electron chi connectivity index (χ1n) is 9.96. The molecule has 1 aliphatic rings. The smallest absolute Gasteiger partial charge is 0.234 e. The van der Waals surface area contributed by atoms with E-state index in [2.05, 4.69) is 49.5 Å². The molecular weight excluding hydrogens is 364 g/mol. The van der Waals surface area contributed by atoms with Gasteiger partial charge in [-0.1, -0.05) is 36.4 Å². The Balaban J connectivity index is 1.18. The number of hydrogen-bond acceptors (Lipinski definition) is 5. The van der Waals surface area contributed by atoms with Crippen LogP contribution in [0.1, 0.15) is 11.1 Å². The van der Waals surface area contributed by atoms with Crippen LogP contribution in [0.15, 0.2) is 67.1 Å². The number of aromatic nitrogens is 3. The second-order valence-corrected chi connectivity index (χ2v) is 7.29. The van der Waals surface area contributed by atoms with Crippen LogP contribution >= 0.6 is 0 Å². The third kappa shape index (κ3) is 5.49. The summed E-state index contributed by atoms with van der Waals surface area (Å²) >= 11 is 0. The van der Waals surface area contributed by atoms with Crippen molar-refractivity contribution < 1.29 is 4.79 Å². The van der Waals surface area contributed by atoms with Crippen molar-refractivity contribution in [1.29, 1.82) is 0 Å². The summed E-state index contributed by atoms with van der Waals surface area (Å²) in [5.74, 6) is 0.816. The van der Waals surface area contributed by atoms with E-state index in [-0.39, 0.29) is 5.91 Å². The maximum Gasteiger partial charge on any atom is 0.234 e. The highest BCUT2D eigenvalue weighted by molar-refractivity contribution is 5.78. The van der Waals surface area contributed by atoms with Gasteiger partial charge in [-0.05, 0) is 23.3 Å². The molecule has 1 aliphatic heterocycles. The number of nitrogens with one attached hydrogen (secondary N) is 1. The Hall–Kier alpha value is -3.03. The quantitative estimate of drug-likeness (QED) is 0.665. The Morgan fingerprint density at radius 1 is 0.931 bits per heavy atom. The minimum atomic E-state index is 0.0534. The number of amides is 1. The predicted octanol–water partition coefficient (Wildman–Crippen LogP) is 1.70. The average Bonchev–Trinajstić information content (AvgIpc) is 3.30. The van der Waals surface area contributed by atoms with Crippen molar-refractivity contribution in [3.8, 4) is 5.82 Å². The van der Waals surface area contributed by atoms with Crippen LogP contribution in [-0.2, 0) is 17.9 Å². The van der Waals surface area contributed by atoms with E-state index in [0.29, 0.717) is 13.1 Å². The van der Waals surface area contributed by atoms with E-state index < -0.39 is 0 Å². The first kappa shape index (κ1) is 19.3. The Morgan fingerprint density at radius 2 is 1.72 bits per heavy atom. The van der Waals surface area contributed by atoms with Crippen LogP contribution in [0.25, 0.3) is 5.82 Å². The zero-order valence-corrected chi connectivity index (χ0v) is 16.4. The lowest BCUT2D eigenvalue weighted by atomic mass is 10.2. The zero-order chi connectivity index (χ0) is 19.9. The molecule has 150 valence electrons. The lowest BCUT2D eigenvalue weighted by Crippen LogP contribution is -2.49. The van der Waals surface area contributed by atoms with Crippen molar-refractivity contribution in [2.45, 2.75) is 13.1 Å². The van der Waals surface area contributed by atoms with Crippen LogP contribution in [0.5, 0.6) is 0 Å². The van der Waals surface area contributed by atoms with Gasteiger partial charge in [-0.15, -0.1) is 0 Å². The molecule has 2 aromatic heterocycles. The molecule has 0 unspecified atom stereocenters. The summed E-state index contributed by atoms with van der Waals surface area (Å²) in [4.78, 5) is 21.4. The van der Waals surface area contributed by atoms with E-state index in [1.54, 1.807) is 17.1 Å². The third-order valence-electron chi connectivity index (χ3n) is 5.12. The summed E-state index contributed by atoms with van der Waals surface area (Å²) in [6, 6.07) is 16.3. The molecule has 7 heteroatoms. The molecule has 0 atom stereocenters. The van der Waals surface area contributed by atoms with E-state index in [1.165, 1.54) is 5.56 Å². The van der Waals surface area contributed by atoms with Crippen molar-refractivity contribution in [2.75, 3.05) is 32.7 Å². The molecule has 0 spiro atoms. The van der Waals surface area contributed by atoms with Crippen LogP contribution in [0.3, 0.4) is 0 Å². The molecule has 1 fully saturated rings. The van der Waals surface area contributed by atoms with Crippen molar-refractivity contribution >= 4 is 5.91 Å². The molecule has 0 saturated carbocycles. The topological polar surface area (TPSA) is 66.3 Å². The van der Waals surface area contributed by atoms with Crippen molar-refractivity contribution in [3.05, 3.63) is 78.2 Å². The fourth-order valence-electron chi connectivity index (χ4n) is 3.47. The SMILES string of the molecule is O=C(CN1CCN(Cc2ccccc2)CC1)NCc1ccc(-n2cccn2)nc1. The summed E-state index contributed by atoms with van der Waals surface area (Å²) in [6.45, 7) is 5.71. The minimum absolute atomic E-state index is 0.0534. The van der Waals surface area contributed by atoms with Crippen molar-refractivity contribution in [3.63, 3.8) is 0 Å². The van der Waals surface area contributed by atoms with Gasteiger partial charge in [-0.2, -0.15) is 5.10 Å². The summed E-state index contributed by atoms with van der Waals surface area (Å²) in [5.41, 5.74) is 2.31. The Morgan fingerprint density at radius 3 is 2.41 bits per heavy atom. The normalized spacial score (nSPS) is 15.3. The van der Waals surface area contributed by atoms with Gasteiger partial charge in [0.05, 0.1) is 6.54 Å². The van der Waals surface area contributed by atoms with Crippen LogP contribution < -0.4 is 5.32 Å². The van der Waals surface area contributed by atoms with Gasteiger partial charge in [0.2, 0.25) is 5.91 Å². The number of pyridine rings is 1. The van der Waals surface area contributed by atoms with Gasteiger partial charge < -0.3 is 5.32 Å². The maximum atomic E-state index is 12.3. The van der Waals surface area contributed by atoms with E-state index in [1.807, 2.05) is 30.5 Å². The van der Waals surface area contributed by atoms with Gasteiger partial charge in [0, 0.05) is 57.9 Å². The molecule has 4 rings (SSSR count). The third-order valence-corrected chi connectivity index (χ3v) is 5.12. The number of carbonyl (C=O) groups is 1. The van der Waals surface area contributed by atoms with E-state index in [4.69, 9.17) is 0 Å². The molecular formula is C22H26N6O. The van der Waals surface area contributed by atoms with Gasteiger partial charge in [0.1, 0.15) is 0 Å². The van der Waals surface area contributed by atoms with Crippen LogP contribution in [0.4, 0.5) is 0 Å². The molecule has 0 bridgehead atoms. The van der Waals surface area contributed by atoms with Crippen molar-refractivity contribution in [1.82, 2.24) is 29.9 Å². The Labute approximate surface area is 171 Å². The highest BCUT2D eigenvalue weighted by Crippen LogP contribution is 2.08. The summed E-state index contributed by atoms with van der Waals surface area (Å²) in [6.07, 6.45) is 5.35. The predicted molar refractivity (Wildman–Crippen MR) is 111 cm³/mol. The highest BCUT2D eigenvalue weighted by Gasteiger charge is 2.18. The summed E-state index contributed by atoms with van der Waals surface area (Å²) < 4.78 is 1.71. The Bertz CT molecular complexity index is 887.